The summed E-state index contributed by atoms with van der Waals surface area (Å²) < 4.78 is 6.28. The number of rotatable bonds is 5. The number of carbonyl (C=O) groups excluding carboxylic acids is 2. The zero-order chi connectivity index (χ0) is 35.1. The van der Waals surface area contributed by atoms with Crippen LogP contribution in [0.15, 0.2) is 44.3 Å². The standard InChI is InChI=1S/C41H62N4O4/c1-23(46)35(27-13-9-12-26(18-27)25-10-7-8-11-25)36-29-20-30(43)37-38(3)16-15-34(48)41(6,33-19-28(22-42)44-45-33)32(38)14-17-39(37,4)40(29,5)21-31(36)49-24(2)47/h19,27,29-34,37,48H,7-18,20-22,42-43H2,1-6H3/b36-35+/t27?,29-,30+,31-,32+,33?,34+,37-,38-,39-,40-,41-/m0/s1. The van der Waals surface area contributed by atoms with Crippen LogP contribution >= 0.6 is 0 Å². The van der Waals surface area contributed by atoms with Crippen molar-refractivity contribution in [1.82, 2.24) is 0 Å². The van der Waals surface area contributed by atoms with Crippen molar-refractivity contribution in [3.8, 4) is 0 Å². The van der Waals surface area contributed by atoms with Crippen molar-refractivity contribution in [3.63, 3.8) is 0 Å². The molecular formula is C41H62N4O4. The third-order valence-electron chi connectivity index (χ3n) is 16.1. The molecule has 0 aromatic rings. The highest BCUT2D eigenvalue weighted by Gasteiger charge is 2.72. The lowest BCUT2D eigenvalue weighted by atomic mass is 9.34. The second kappa shape index (κ2) is 12.5. The van der Waals surface area contributed by atoms with E-state index in [-0.39, 0.29) is 63.8 Å². The van der Waals surface area contributed by atoms with Crippen molar-refractivity contribution in [2.24, 2.45) is 67.0 Å². The second-order valence-electron chi connectivity index (χ2n) is 18.2. The molecule has 0 amide bonds. The Bertz CT molecular complexity index is 1510. The lowest BCUT2D eigenvalue weighted by molar-refractivity contribution is -0.229. The molecule has 2 unspecified atom stereocenters. The van der Waals surface area contributed by atoms with Crippen LogP contribution in [0.1, 0.15) is 131 Å². The number of aliphatic hydroxyl groups is 1. The maximum Gasteiger partial charge on any atom is 0.303 e. The van der Waals surface area contributed by atoms with Crippen molar-refractivity contribution >= 4 is 11.8 Å². The Balaban J connectivity index is 1.30. The van der Waals surface area contributed by atoms with Crippen LogP contribution in [0.5, 0.6) is 0 Å². The van der Waals surface area contributed by atoms with E-state index in [9.17, 15) is 14.7 Å². The summed E-state index contributed by atoms with van der Waals surface area (Å²) in [6.07, 6.45) is 15.5. The number of ether oxygens (including phenoxy) is 1. The van der Waals surface area contributed by atoms with E-state index < -0.39 is 17.6 Å². The number of nitrogens with zero attached hydrogens (tertiary/aromatic N) is 2. The van der Waals surface area contributed by atoms with E-state index in [2.05, 4.69) is 38.9 Å². The minimum atomic E-state index is -0.484. The quantitative estimate of drug-likeness (QED) is 0.157. The predicted molar refractivity (Wildman–Crippen MR) is 191 cm³/mol. The minimum Gasteiger partial charge on any atom is -0.458 e. The summed E-state index contributed by atoms with van der Waals surface area (Å²) >= 11 is 0. The van der Waals surface area contributed by atoms with Gasteiger partial charge in [-0.25, -0.2) is 0 Å². The van der Waals surface area contributed by atoms with Crippen LogP contribution in [0.2, 0.25) is 0 Å². The molecule has 1 heterocycles. The smallest absolute Gasteiger partial charge is 0.303 e. The van der Waals surface area contributed by atoms with Gasteiger partial charge in [0.2, 0.25) is 0 Å². The molecule has 49 heavy (non-hydrogen) atoms. The average Bonchev–Trinajstić information content (AvgIpc) is 3.81. The van der Waals surface area contributed by atoms with Gasteiger partial charge in [0.1, 0.15) is 6.10 Å². The van der Waals surface area contributed by atoms with Gasteiger partial charge in [-0.2, -0.15) is 10.2 Å². The number of hydrogen-bond donors (Lipinski definition) is 3. The van der Waals surface area contributed by atoms with Gasteiger partial charge in [-0.3, -0.25) is 9.59 Å². The highest BCUT2D eigenvalue weighted by Crippen LogP contribution is 2.76. The van der Waals surface area contributed by atoms with Gasteiger partial charge in [0, 0.05) is 30.5 Å². The molecule has 8 nitrogen and oxygen atoms in total. The van der Waals surface area contributed by atoms with Crippen LogP contribution in [0.4, 0.5) is 0 Å². The topological polar surface area (TPSA) is 140 Å². The summed E-state index contributed by atoms with van der Waals surface area (Å²) in [4.78, 5) is 26.7. The van der Waals surface area contributed by atoms with E-state index in [1.54, 1.807) is 18.1 Å². The summed E-state index contributed by atoms with van der Waals surface area (Å²) in [5.41, 5.74) is 18.6. The maximum atomic E-state index is 13.9. The summed E-state index contributed by atoms with van der Waals surface area (Å²) in [5.74, 6) is 0.531. The number of allylic oxidation sites excluding steroid dienone is 3. The Morgan fingerprint density at radius 2 is 1.69 bits per heavy atom. The zero-order valence-electron chi connectivity index (χ0n) is 31.0. The van der Waals surface area contributed by atoms with Crippen LogP contribution in [-0.2, 0) is 14.3 Å². The number of aliphatic hydroxyl groups excluding tert-OH is 1. The maximum absolute atomic E-state index is 13.9. The molecule has 0 spiro atoms. The zero-order valence-corrected chi connectivity index (χ0v) is 31.0. The average molecular weight is 675 g/mol. The van der Waals surface area contributed by atoms with E-state index in [4.69, 9.17) is 21.3 Å². The largest absolute Gasteiger partial charge is 0.458 e. The fourth-order valence-corrected chi connectivity index (χ4v) is 13.8. The van der Waals surface area contributed by atoms with Gasteiger partial charge in [0.15, 0.2) is 5.78 Å². The fraction of sp³-hybridized carbons (Fsp3) is 0.805. The molecule has 6 aliphatic carbocycles. The van der Waals surface area contributed by atoms with E-state index in [0.717, 1.165) is 74.6 Å². The fourth-order valence-electron chi connectivity index (χ4n) is 13.8. The number of azo groups is 1. The molecule has 8 heteroatoms. The van der Waals surface area contributed by atoms with Gasteiger partial charge < -0.3 is 21.3 Å². The molecule has 6 saturated carbocycles. The SMILES string of the molecule is CC(=O)O[C@H]1C[C@@]2(C)[C@@H](C[C@@H](N)[C@H]3[C@@]4(C)CC[C@@H](O)[C@](C)(C5C=C(CN)N=N5)[C@@H]4CC[C@@]32C)/C1=C(/C(C)=O)C1CCCC(=C2CCCC2)C1. The first-order valence-electron chi connectivity index (χ1n) is 19.6. The number of esters is 1. The Kier molecular flexibility index (Phi) is 9.00. The van der Waals surface area contributed by atoms with Gasteiger partial charge in [-0.1, -0.05) is 38.8 Å². The van der Waals surface area contributed by atoms with Gasteiger partial charge in [-0.05, 0) is 148 Å². The number of hydrogen-bond acceptors (Lipinski definition) is 8. The van der Waals surface area contributed by atoms with Gasteiger partial charge in [-0.15, -0.1) is 0 Å². The van der Waals surface area contributed by atoms with E-state index in [1.807, 2.05) is 0 Å². The van der Waals surface area contributed by atoms with Crippen LogP contribution in [0, 0.1) is 45.3 Å². The van der Waals surface area contributed by atoms with E-state index in [0.29, 0.717) is 13.0 Å². The van der Waals surface area contributed by atoms with Crippen LogP contribution in [-0.4, -0.2) is 47.7 Å². The molecule has 1 aliphatic heterocycles. The van der Waals surface area contributed by atoms with Crippen LogP contribution in [0.25, 0.3) is 0 Å². The van der Waals surface area contributed by atoms with Gasteiger partial charge in [0.25, 0.3) is 0 Å². The Labute approximate surface area is 294 Å². The lowest BCUT2D eigenvalue weighted by Gasteiger charge is -2.71. The molecule has 270 valence electrons. The summed E-state index contributed by atoms with van der Waals surface area (Å²) in [5, 5.41) is 20.8. The molecule has 12 atom stereocenters. The molecule has 7 aliphatic rings. The van der Waals surface area contributed by atoms with E-state index >= 15 is 0 Å². The first-order chi connectivity index (χ1) is 23.2. The molecule has 0 aromatic heterocycles. The highest BCUT2D eigenvalue weighted by molar-refractivity contribution is 5.95. The Morgan fingerprint density at radius 1 is 0.980 bits per heavy atom. The number of carbonyl (C=O) groups is 2. The minimum absolute atomic E-state index is 0.0795. The first kappa shape index (κ1) is 35.3. The van der Waals surface area contributed by atoms with Crippen molar-refractivity contribution in [1.29, 1.82) is 0 Å². The highest BCUT2D eigenvalue weighted by atomic mass is 16.5. The Morgan fingerprint density at radius 3 is 2.35 bits per heavy atom. The molecule has 5 N–H and O–H groups in total. The number of fused-ring (bicyclic) bond motifs is 5. The van der Waals surface area contributed by atoms with Crippen molar-refractivity contribution in [2.45, 2.75) is 156 Å². The monoisotopic (exact) mass is 674 g/mol. The predicted octanol–water partition coefficient (Wildman–Crippen LogP) is 7.50. The molecule has 0 bridgehead atoms. The number of Topliss-reactive ketones (excluding diaryl/α,β-unsaturated/α-hetero) is 1. The number of nitrogens with two attached hydrogens (primary N) is 2. The van der Waals surface area contributed by atoms with Crippen LogP contribution < -0.4 is 11.5 Å². The normalized spacial score (nSPS) is 47.3. The van der Waals surface area contributed by atoms with Gasteiger partial charge in [0.05, 0.1) is 17.8 Å². The summed E-state index contributed by atoms with van der Waals surface area (Å²) in [6, 6.07) is -0.289. The molecular weight excluding hydrogens is 612 g/mol. The summed E-state index contributed by atoms with van der Waals surface area (Å²) in [6.45, 7) is 13.2. The lowest BCUT2D eigenvalue weighted by Crippen LogP contribution is -2.69. The van der Waals surface area contributed by atoms with Crippen molar-refractivity contribution < 1.29 is 19.4 Å². The number of ketones is 1. The first-order valence-corrected chi connectivity index (χ1v) is 19.6. The van der Waals surface area contributed by atoms with Crippen molar-refractivity contribution in [3.05, 3.63) is 34.1 Å². The molecule has 6 fully saturated rings. The molecule has 7 rings (SSSR count). The third-order valence-corrected chi connectivity index (χ3v) is 16.1. The summed E-state index contributed by atoms with van der Waals surface area (Å²) in [7, 11) is 0. The third kappa shape index (κ3) is 5.23. The van der Waals surface area contributed by atoms with Gasteiger partial charge >= 0.3 is 5.97 Å². The van der Waals surface area contributed by atoms with E-state index in [1.165, 1.54) is 32.6 Å². The molecule has 0 aromatic carbocycles. The van der Waals surface area contributed by atoms with Crippen LogP contribution in [0.3, 0.4) is 0 Å². The van der Waals surface area contributed by atoms with Crippen molar-refractivity contribution in [2.75, 3.05) is 6.54 Å². The Hall–Kier alpha value is -2.16. The second-order valence-corrected chi connectivity index (χ2v) is 18.2. The molecule has 0 saturated heterocycles. The molecule has 0 radical (unpaired) electrons.